The van der Waals surface area contributed by atoms with Crippen molar-refractivity contribution in [3.05, 3.63) is 120 Å². The Morgan fingerprint density at radius 1 is 0.385 bits per heavy atom. The van der Waals surface area contributed by atoms with Crippen molar-refractivity contribution in [1.29, 1.82) is 0 Å². The van der Waals surface area contributed by atoms with Crippen LogP contribution in [0.2, 0.25) is 0 Å². The topological polar surface area (TPSA) is 0 Å². The van der Waals surface area contributed by atoms with Crippen molar-refractivity contribution in [3.8, 4) is 34.1 Å². The molecule has 0 aliphatic rings. The molecule has 0 saturated carbocycles. The average molecular weight is 330 g/mol. The van der Waals surface area contributed by atoms with Crippen LogP contribution in [-0.4, -0.2) is 0 Å². The zero-order valence-corrected chi connectivity index (χ0v) is 14.4. The molecule has 0 aromatic heterocycles. The maximum Gasteiger partial charge on any atom is 0.0405 e. The van der Waals surface area contributed by atoms with Gasteiger partial charge in [0.1, 0.15) is 0 Å². The predicted molar refractivity (Wildman–Crippen MR) is 110 cm³/mol. The van der Waals surface area contributed by atoms with Gasteiger partial charge in [-0.25, -0.2) is 0 Å². The summed E-state index contributed by atoms with van der Waals surface area (Å²) in [7, 11) is 0. The molecular formula is C26H18. The van der Waals surface area contributed by atoms with Gasteiger partial charge in [0.25, 0.3) is 0 Å². The van der Waals surface area contributed by atoms with Gasteiger partial charge in [-0.3, -0.25) is 0 Å². The van der Waals surface area contributed by atoms with Crippen molar-refractivity contribution in [2.24, 2.45) is 0 Å². The van der Waals surface area contributed by atoms with E-state index < -0.39 is 0 Å². The van der Waals surface area contributed by atoms with E-state index in [4.69, 9.17) is 0 Å². The minimum absolute atomic E-state index is 1.02. The van der Waals surface area contributed by atoms with Gasteiger partial charge in [-0.15, -0.1) is 0 Å². The van der Waals surface area contributed by atoms with Crippen LogP contribution in [0.25, 0.3) is 22.3 Å². The summed E-state index contributed by atoms with van der Waals surface area (Å²) < 4.78 is 0. The second kappa shape index (κ2) is 7.55. The van der Waals surface area contributed by atoms with Gasteiger partial charge >= 0.3 is 0 Å². The van der Waals surface area contributed by atoms with Gasteiger partial charge in [-0.2, -0.15) is 0 Å². The van der Waals surface area contributed by atoms with Gasteiger partial charge < -0.3 is 0 Å². The fourth-order valence-corrected chi connectivity index (χ4v) is 3.06. The molecule has 0 amide bonds. The molecule has 26 heavy (non-hydrogen) atoms. The molecule has 4 aromatic rings. The molecule has 0 nitrogen and oxygen atoms in total. The number of rotatable bonds is 2. The van der Waals surface area contributed by atoms with E-state index in [1.807, 2.05) is 42.5 Å². The minimum Gasteiger partial charge on any atom is -0.0622 e. The zero-order valence-electron chi connectivity index (χ0n) is 14.4. The molecule has 0 saturated heterocycles. The quantitative estimate of drug-likeness (QED) is 0.372. The molecule has 0 bridgehead atoms. The van der Waals surface area contributed by atoms with Crippen LogP contribution in [0.3, 0.4) is 0 Å². The molecular weight excluding hydrogens is 312 g/mol. The van der Waals surface area contributed by atoms with Crippen molar-refractivity contribution in [2.75, 3.05) is 0 Å². The first kappa shape index (κ1) is 15.9. The van der Waals surface area contributed by atoms with Gasteiger partial charge in [-0.05, 0) is 34.4 Å². The van der Waals surface area contributed by atoms with Crippen molar-refractivity contribution < 1.29 is 0 Å². The summed E-state index contributed by atoms with van der Waals surface area (Å²) >= 11 is 0. The van der Waals surface area contributed by atoms with Crippen molar-refractivity contribution in [2.45, 2.75) is 0 Å². The molecule has 0 heterocycles. The number of benzene rings is 4. The fourth-order valence-electron chi connectivity index (χ4n) is 3.06. The van der Waals surface area contributed by atoms with Crippen LogP contribution >= 0.6 is 0 Å². The van der Waals surface area contributed by atoms with Gasteiger partial charge in [0.2, 0.25) is 0 Å². The second-order valence-electron chi connectivity index (χ2n) is 6.08. The first-order chi connectivity index (χ1) is 12.9. The third-order valence-corrected chi connectivity index (χ3v) is 4.34. The smallest absolute Gasteiger partial charge is 0.0405 e. The fraction of sp³-hybridized carbons (Fsp3) is 0. The molecule has 0 fully saturated rings. The van der Waals surface area contributed by atoms with E-state index in [-0.39, 0.29) is 0 Å². The van der Waals surface area contributed by atoms with Crippen molar-refractivity contribution in [3.63, 3.8) is 0 Å². The summed E-state index contributed by atoms with van der Waals surface area (Å²) in [6.07, 6.45) is 0. The van der Waals surface area contributed by atoms with Crippen LogP contribution in [0.15, 0.2) is 109 Å². The van der Waals surface area contributed by atoms with E-state index >= 15 is 0 Å². The van der Waals surface area contributed by atoms with E-state index in [0.717, 1.165) is 22.3 Å². The lowest BCUT2D eigenvalue weighted by Gasteiger charge is -2.11. The third-order valence-electron chi connectivity index (χ3n) is 4.34. The highest BCUT2D eigenvalue weighted by molar-refractivity contribution is 5.82. The van der Waals surface area contributed by atoms with E-state index in [1.54, 1.807) is 0 Å². The summed E-state index contributed by atoms with van der Waals surface area (Å²) in [6, 6.07) is 37.4. The van der Waals surface area contributed by atoms with Crippen LogP contribution in [0.4, 0.5) is 0 Å². The van der Waals surface area contributed by atoms with E-state index in [1.165, 1.54) is 11.1 Å². The largest absolute Gasteiger partial charge is 0.0622 e. The molecule has 0 radical (unpaired) electrons. The van der Waals surface area contributed by atoms with Crippen molar-refractivity contribution in [1.82, 2.24) is 0 Å². The summed E-state index contributed by atoms with van der Waals surface area (Å²) in [5, 5.41) is 0. The summed E-state index contributed by atoms with van der Waals surface area (Å²) in [5.74, 6) is 6.78. The predicted octanol–water partition coefficient (Wildman–Crippen LogP) is 6.42. The molecule has 4 aromatic carbocycles. The molecule has 0 unspecified atom stereocenters. The Labute approximate surface area is 154 Å². The highest BCUT2D eigenvalue weighted by atomic mass is 14.1. The first-order valence-corrected chi connectivity index (χ1v) is 8.73. The standard InChI is InChI=1S/C26H18/c1-4-11-21(12-5-1)19-20-26-24(22-13-6-2-7-14-22)17-10-18-25(26)23-15-8-3-9-16-23/h1-18H. The Kier molecular flexibility index (Phi) is 4.63. The van der Waals surface area contributed by atoms with Crippen LogP contribution in [0.5, 0.6) is 0 Å². The lowest BCUT2D eigenvalue weighted by Crippen LogP contribution is -1.90. The first-order valence-electron chi connectivity index (χ1n) is 8.73. The zero-order chi connectivity index (χ0) is 17.6. The molecule has 0 aliphatic heterocycles. The Morgan fingerprint density at radius 3 is 1.35 bits per heavy atom. The van der Waals surface area contributed by atoms with Crippen LogP contribution in [0, 0.1) is 11.8 Å². The number of hydrogen-bond acceptors (Lipinski definition) is 0. The molecule has 0 N–H and O–H groups in total. The van der Waals surface area contributed by atoms with E-state index in [9.17, 15) is 0 Å². The lowest BCUT2D eigenvalue weighted by atomic mass is 9.92. The average Bonchev–Trinajstić information content (AvgIpc) is 2.74. The maximum atomic E-state index is 3.45. The Morgan fingerprint density at radius 2 is 0.846 bits per heavy atom. The lowest BCUT2D eigenvalue weighted by molar-refractivity contribution is 1.55. The Hall–Kier alpha value is -3.56. The normalized spacial score (nSPS) is 10.0. The van der Waals surface area contributed by atoms with Crippen LogP contribution < -0.4 is 0 Å². The third kappa shape index (κ3) is 3.43. The molecule has 0 heteroatoms. The highest BCUT2D eigenvalue weighted by Crippen LogP contribution is 2.31. The van der Waals surface area contributed by atoms with Crippen LogP contribution in [0.1, 0.15) is 11.1 Å². The van der Waals surface area contributed by atoms with Gasteiger partial charge in [0, 0.05) is 11.1 Å². The van der Waals surface area contributed by atoms with E-state index in [0.29, 0.717) is 0 Å². The molecule has 0 spiro atoms. The SMILES string of the molecule is C(#Cc1c(-c2ccccc2)cccc1-c1ccccc1)c1ccccc1. The Bertz CT molecular complexity index is 993. The Balaban J connectivity index is 1.92. The van der Waals surface area contributed by atoms with Crippen molar-refractivity contribution >= 4 is 0 Å². The molecule has 4 rings (SSSR count). The van der Waals surface area contributed by atoms with Gasteiger partial charge in [0.05, 0.1) is 0 Å². The minimum atomic E-state index is 1.02. The highest BCUT2D eigenvalue weighted by Gasteiger charge is 2.09. The maximum absolute atomic E-state index is 3.45. The summed E-state index contributed by atoms with van der Waals surface area (Å²) in [6.45, 7) is 0. The van der Waals surface area contributed by atoms with E-state index in [2.05, 4.69) is 78.6 Å². The molecule has 122 valence electrons. The van der Waals surface area contributed by atoms with Gasteiger partial charge in [-0.1, -0.05) is 109 Å². The monoisotopic (exact) mass is 330 g/mol. The second-order valence-corrected chi connectivity index (χ2v) is 6.08. The summed E-state index contributed by atoms with van der Waals surface area (Å²) in [5.41, 5.74) is 6.78. The van der Waals surface area contributed by atoms with Gasteiger partial charge in [0.15, 0.2) is 0 Å². The van der Waals surface area contributed by atoms with Crippen LogP contribution in [-0.2, 0) is 0 Å². The molecule has 0 atom stereocenters. The molecule has 0 aliphatic carbocycles. The summed E-state index contributed by atoms with van der Waals surface area (Å²) in [4.78, 5) is 0. The number of hydrogen-bond donors (Lipinski definition) is 0.